The van der Waals surface area contributed by atoms with Gasteiger partial charge in [0.25, 0.3) is 5.91 Å². The number of ether oxygens (including phenoxy) is 1. The Labute approximate surface area is 275 Å². The van der Waals surface area contributed by atoms with Gasteiger partial charge >= 0.3 is 6.01 Å². The molecule has 240 valence electrons. The minimum Gasteiger partial charge on any atom is -0.456 e. The van der Waals surface area contributed by atoms with Crippen molar-refractivity contribution in [2.24, 2.45) is 0 Å². The summed E-state index contributed by atoms with van der Waals surface area (Å²) in [5, 5.41) is 11.7. The summed E-state index contributed by atoms with van der Waals surface area (Å²) in [6, 6.07) is 30.8. The van der Waals surface area contributed by atoms with E-state index < -0.39 is 5.54 Å². The fourth-order valence-corrected chi connectivity index (χ4v) is 7.17. The van der Waals surface area contributed by atoms with Gasteiger partial charge in [-0.1, -0.05) is 53.6 Å². The number of hydrogen-bond acceptors (Lipinski definition) is 8. The molecule has 0 atom stereocenters. The molecule has 2 aliphatic heterocycles. The van der Waals surface area contributed by atoms with E-state index in [9.17, 15) is 4.79 Å². The van der Waals surface area contributed by atoms with Crippen molar-refractivity contribution in [3.8, 4) is 23.0 Å². The fourth-order valence-electron chi connectivity index (χ4n) is 7.17. The highest BCUT2D eigenvalue weighted by Crippen LogP contribution is 2.58. The Morgan fingerprint density at radius 3 is 1.94 bits per heavy atom. The van der Waals surface area contributed by atoms with Crippen molar-refractivity contribution < 1.29 is 13.9 Å². The highest BCUT2D eigenvalue weighted by molar-refractivity contribution is 6.02. The monoisotopic (exact) mass is 628 g/mol. The zero-order chi connectivity index (χ0) is 32.5. The SMILES string of the molecule is CCN(CC)c1ccc2c(c1)Oc1cc(N(CC)CC)ccc1C21c2ccccc2C(=O)N1CCNc1nnc(-c2ccccc2)o1. The molecule has 0 saturated carbocycles. The van der Waals surface area contributed by atoms with E-state index in [2.05, 4.69) is 95.5 Å². The van der Waals surface area contributed by atoms with Crippen LogP contribution in [0.15, 0.2) is 95.4 Å². The van der Waals surface area contributed by atoms with E-state index in [0.717, 1.165) is 71.3 Å². The predicted octanol–water partition coefficient (Wildman–Crippen LogP) is 7.39. The highest BCUT2D eigenvalue weighted by atomic mass is 16.5. The molecular formula is C38H40N6O3. The van der Waals surface area contributed by atoms with Gasteiger partial charge in [0, 0.05) is 85.0 Å². The second kappa shape index (κ2) is 12.5. The van der Waals surface area contributed by atoms with Gasteiger partial charge in [0.2, 0.25) is 5.89 Å². The summed E-state index contributed by atoms with van der Waals surface area (Å²) >= 11 is 0. The smallest absolute Gasteiger partial charge is 0.315 e. The summed E-state index contributed by atoms with van der Waals surface area (Å²) in [6.07, 6.45) is 0. The summed E-state index contributed by atoms with van der Waals surface area (Å²) in [6.45, 7) is 12.9. The van der Waals surface area contributed by atoms with Crippen LogP contribution in [0, 0.1) is 0 Å². The quantitative estimate of drug-likeness (QED) is 0.162. The van der Waals surface area contributed by atoms with Crippen LogP contribution in [0.25, 0.3) is 11.5 Å². The van der Waals surface area contributed by atoms with E-state index in [0.29, 0.717) is 30.6 Å². The van der Waals surface area contributed by atoms with Gasteiger partial charge in [-0.25, -0.2) is 0 Å². The number of aromatic nitrogens is 2. The van der Waals surface area contributed by atoms with Crippen LogP contribution in [0.3, 0.4) is 0 Å². The molecule has 47 heavy (non-hydrogen) atoms. The molecule has 1 spiro atoms. The van der Waals surface area contributed by atoms with Crippen molar-refractivity contribution in [1.29, 1.82) is 0 Å². The zero-order valence-electron chi connectivity index (χ0n) is 27.4. The Bertz CT molecular complexity index is 1840. The molecule has 1 N–H and O–H groups in total. The van der Waals surface area contributed by atoms with Gasteiger partial charge in [0.15, 0.2) is 0 Å². The maximum atomic E-state index is 14.4. The van der Waals surface area contributed by atoms with Gasteiger partial charge in [-0.05, 0) is 63.6 Å². The number of nitrogens with zero attached hydrogens (tertiary/aromatic N) is 5. The van der Waals surface area contributed by atoms with Crippen LogP contribution < -0.4 is 19.9 Å². The largest absolute Gasteiger partial charge is 0.456 e. The van der Waals surface area contributed by atoms with E-state index in [4.69, 9.17) is 9.15 Å². The first-order chi connectivity index (χ1) is 23.0. The number of fused-ring (bicyclic) bond motifs is 6. The van der Waals surface area contributed by atoms with Gasteiger partial charge in [0.1, 0.15) is 17.0 Å². The number of hydrogen-bond donors (Lipinski definition) is 1. The van der Waals surface area contributed by atoms with Crippen molar-refractivity contribution in [3.63, 3.8) is 0 Å². The number of anilines is 3. The van der Waals surface area contributed by atoms with E-state index >= 15 is 0 Å². The standard InChI is InChI=1S/C38H40N6O3/c1-5-42(6-2)27-18-20-31-33(24-27)46-34-25-28(43(7-3)8-4)19-21-32(34)38(31)30-17-13-12-16-29(30)36(45)44(38)23-22-39-37-41-40-35(47-37)26-14-10-9-11-15-26/h9-21,24-25H,5-8,22-23H2,1-4H3,(H,39,41). The molecule has 0 bridgehead atoms. The van der Waals surface area contributed by atoms with Crippen LogP contribution in [-0.2, 0) is 5.54 Å². The number of carbonyl (C=O) groups excluding carboxylic acids is 1. The van der Waals surface area contributed by atoms with Crippen LogP contribution >= 0.6 is 0 Å². The molecule has 1 aromatic heterocycles. The molecule has 2 aliphatic rings. The minimum atomic E-state index is -0.897. The topological polar surface area (TPSA) is 87.0 Å². The van der Waals surface area contributed by atoms with Crippen molar-refractivity contribution in [2.75, 3.05) is 54.4 Å². The summed E-state index contributed by atoms with van der Waals surface area (Å²) in [7, 11) is 0. The maximum Gasteiger partial charge on any atom is 0.315 e. The molecule has 9 heteroatoms. The summed E-state index contributed by atoms with van der Waals surface area (Å²) in [5.74, 6) is 1.92. The lowest BCUT2D eigenvalue weighted by atomic mass is 9.74. The Morgan fingerprint density at radius 1 is 0.723 bits per heavy atom. The molecule has 0 saturated heterocycles. The van der Waals surface area contributed by atoms with Crippen molar-refractivity contribution in [2.45, 2.75) is 33.2 Å². The number of benzene rings is 4. The molecule has 0 aliphatic carbocycles. The van der Waals surface area contributed by atoms with Gasteiger partial charge in [-0.2, -0.15) is 0 Å². The van der Waals surface area contributed by atoms with Crippen molar-refractivity contribution in [1.82, 2.24) is 15.1 Å². The van der Waals surface area contributed by atoms with Crippen molar-refractivity contribution >= 4 is 23.3 Å². The van der Waals surface area contributed by atoms with Crippen LogP contribution in [0.4, 0.5) is 17.4 Å². The van der Waals surface area contributed by atoms with Crippen LogP contribution in [0.1, 0.15) is 54.7 Å². The average molecular weight is 629 g/mol. The van der Waals surface area contributed by atoms with Crippen LogP contribution in [0.2, 0.25) is 0 Å². The fraction of sp³-hybridized carbons (Fsp3) is 0.289. The molecule has 0 radical (unpaired) electrons. The van der Waals surface area contributed by atoms with Gasteiger partial charge in [-0.3, -0.25) is 4.79 Å². The zero-order valence-corrected chi connectivity index (χ0v) is 27.4. The minimum absolute atomic E-state index is 0.0302. The molecule has 9 nitrogen and oxygen atoms in total. The molecule has 0 unspecified atom stereocenters. The first kappa shape index (κ1) is 30.3. The van der Waals surface area contributed by atoms with Crippen molar-refractivity contribution in [3.05, 3.63) is 113 Å². The summed E-state index contributed by atoms with van der Waals surface area (Å²) < 4.78 is 12.7. The summed E-state index contributed by atoms with van der Waals surface area (Å²) in [4.78, 5) is 21.0. The average Bonchev–Trinajstić information content (AvgIpc) is 3.68. The molecular weight excluding hydrogens is 588 g/mol. The third kappa shape index (κ3) is 4.97. The molecule has 7 rings (SSSR count). The lowest BCUT2D eigenvalue weighted by molar-refractivity contribution is 0.0675. The van der Waals surface area contributed by atoms with E-state index in [1.807, 2.05) is 53.4 Å². The third-order valence-corrected chi connectivity index (χ3v) is 9.44. The number of carbonyl (C=O) groups is 1. The summed E-state index contributed by atoms with van der Waals surface area (Å²) in [5.41, 5.74) is 5.65. The lowest BCUT2D eigenvalue weighted by Gasteiger charge is -2.45. The first-order valence-electron chi connectivity index (χ1n) is 16.5. The normalized spacial score (nSPS) is 14.0. The Hall–Kier alpha value is -5.31. The van der Waals surface area contributed by atoms with E-state index in [1.54, 1.807) is 0 Å². The highest BCUT2D eigenvalue weighted by Gasteiger charge is 2.56. The number of amides is 1. The van der Waals surface area contributed by atoms with Crippen LogP contribution in [0.5, 0.6) is 11.5 Å². The number of nitrogens with one attached hydrogen (secondary N) is 1. The van der Waals surface area contributed by atoms with Gasteiger partial charge in [0.05, 0.1) is 0 Å². The lowest BCUT2D eigenvalue weighted by Crippen LogP contribution is -2.49. The molecule has 5 aromatic rings. The second-order valence-corrected chi connectivity index (χ2v) is 11.7. The van der Waals surface area contributed by atoms with Gasteiger partial charge in [-0.15, -0.1) is 5.10 Å². The van der Waals surface area contributed by atoms with Crippen LogP contribution in [-0.4, -0.2) is 60.3 Å². The Morgan fingerprint density at radius 2 is 1.32 bits per heavy atom. The molecule has 1 amide bonds. The second-order valence-electron chi connectivity index (χ2n) is 11.7. The Balaban J connectivity index is 1.33. The van der Waals surface area contributed by atoms with E-state index in [1.165, 1.54) is 0 Å². The van der Waals surface area contributed by atoms with Gasteiger partial charge < -0.3 is 29.2 Å². The Kier molecular flexibility index (Phi) is 8.05. The molecule has 4 aromatic carbocycles. The number of rotatable bonds is 11. The first-order valence-corrected chi connectivity index (χ1v) is 16.5. The van der Waals surface area contributed by atoms with E-state index in [-0.39, 0.29) is 5.91 Å². The molecule has 3 heterocycles. The maximum absolute atomic E-state index is 14.4. The predicted molar refractivity (Wildman–Crippen MR) is 186 cm³/mol. The third-order valence-electron chi connectivity index (χ3n) is 9.44. The molecule has 0 fully saturated rings.